The second-order valence-electron chi connectivity index (χ2n) is 7.30. The number of hydrogen-bond donors (Lipinski definition) is 2. The fourth-order valence-electron chi connectivity index (χ4n) is 2.93. The summed E-state index contributed by atoms with van der Waals surface area (Å²) >= 11 is 0. The van der Waals surface area contributed by atoms with Crippen LogP contribution in [0.15, 0.2) is 65.3 Å². The van der Waals surface area contributed by atoms with Gasteiger partial charge in [0.25, 0.3) is 11.8 Å². The number of nitrogens with one attached hydrogen (secondary N) is 2. The van der Waals surface area contributed by atoms with Crippen molar-refractivity contribution in [1.82, 2.24) is 5.32 Å². The van der Waals surface area contributed by atoms with Crippen LogP contribution < -0.4 is 10.6 Å². The number of rotatable bonds is 7. The minimum Gasteiger partial charge on any atom is -0.459 e. The lowest BCUT2D eigenvalue weighted by molar-refractivity contribution is -0.156. The van der Waals surface area contributed by atoms with Crippen LogP contribution in [0.25, 0.3) is 10.8 Å². The molecule has 156 valence electrons. The van der Waals surface area contributed by atoms with E-state index in [1.807, 2.05) is 36.4 Å². The molecule has 3 rings (SSSR count). The maximum Gasteiger partial charge on any atom is 0.329 e. The number of fused-ring (bicyclic) bond motifs is 1. The van der Waals surface area contributed by atoms with Crippen molar-refractivity contribution >= 4 is 34.2 Å². The normalized spacial score (nSPS) is 12.9. The van der Waals surface area contributed by atoms with Gasteiger partial charge in [-0.05, 0) is 47.9 Å². The molecule has 0 aliphatic heterocycles. The first-order valence-electron chi connectivity index (χ1n) is 9.69. The summed E-state index contributed by atoms with van der Waals surface area (Å²) in [6.45, 7) is 5.03. The molecule has 0 aliphatic carbocycles. The Morgan fingerprint density at radius 3 is 2.33 bits per heavy atom. The Balaban J connectivity index is 1.61. The topological polar surface area (TPSA) is 97.6 Å². The lowest BCUT2D eigenvalue weighted by Gasteiger charge is -2.22. The van der Waals surface area contributed by atoms with E-state index in [0.29, 0.717) is 5.69 Å². The van der Waals surface area contributed by atoms with Gasteiger partial charge in [-0.3, -0.25) is 9.59 Å². The molecule has 2 atom stereocenters. The van der Waals surface area contributed by atoms with Crippen molar-refractivity contribution in [3.8, 4) is 0 Å². The van der Waals surface area contributed by atoms with Crippen LogP contribution in [0, 0.1) is 5.92 Å². The van der Waals surface area contributed by atoms with E-state index in [-0.39, 0.29) is 11.7 Å². The number of carbonyl (C=O) groups is 3. The second kappa shape index (κ2) is 9.26. The van der Waals surface area contributed by atoms with Crippen molar-refractivity contribution in [2.75, 3.05) is 5.32 Å². The Labute approximate surface area is 174 Å². The number of ether oxygens (including phenoxy) is 1. The summed E-state index contributed by atoms with van der Waals surface area (Å²) < 4.78 is 10.4. The minimum atomic E-state index is -1.04. The van der Waals surface area contributed by atoms with Crippen LogP contribution in [0.5, 0.6) is 0 Å². The lowest BCUT2D eigenvalue weighted by Crippen LogP contribution is -2.47. The summed E-state index contributed by atoms with van der Waals surface area (Å²) in [7, 11) is 0. The molecule has 2 N–H and O–H groups in total. The minimum absolute atomic E-state index is 0.0931. The molecule has 1 aromatic heterocycles. The highest BCUT2D eigenvalue weighted by molar-refractivity contribution is 5.98. The van der Waals surface area contributed by atoms with Gasteiger partial charge in [-0.2, -0.15) is 0 Å². The third kappa shape index (κ3) is 5.05. The molecular weight excluding hydrogens is 384 g/mol. The molecule has 30 heavy (non-hydrogen) atoms. The van der Waals surface area contributed by atoms with Crippen LogP contribution >= 0.6 is 0 Å². The molecule has 0 radical (unpaired) electrons. The van der Waals surface area contributed by atoms with Crippen molar-refractivity contribution in [2.24, 2.45) is 5.92 Å². The second-order valence-corrected chi connectivity index (χ2v) is 7.30. The van der Waals surface area contributed by atoms with Crippen LogP contribution in [0.4, 0.5) is 5.69 Å². The summed E-state index contributed by atoms with van der Waals surface area (Å²) in [6.07, 6.45) is 0.335. The van der Waals surface area contributed by atoms with Crippen molar-refractivity contribution in [1.29, 1.82) is 0 Å². The third-order valence-electron chi connectivity index (χ3n) is 4.63. The predicted molar refractivity (Wildman–Crippen MR) is 113 cm³/mol. The van der Waals surface area contributed by atoms with Gasteiger partial charge in [0.1, 0.15) is 6.04 Å². The first-order valence-corrected chi connectivity index (χ1v) is 9.69. The summed E-state index contributed by atoms with van der Waals surface area (Å²) in [4.78, 5) is 37.3. The van der Waals surface area contributed by atoms with Crippen molar-refractivity contribution in [3.05, 3.63) is 66.6 Å². The number of furan rings is 1. The molecule has 0 saturated heterocycles. The Hall–Kier alpha value is -3.61. The zero-order chi connectivity index (χ0) is 21.7. The van der Waals surface area contributed by atoms with Gasteiger partial charge in [-0.25, -0.2) is 4.79 Å². The average molecular weight is 408 g/mol. The highest BCUT2D eigenvalue weighted by Crippen LogP contribution is 2.19. The van der Waals surface area contributed by atoms with Gasteiger partial charge < -0.3 is 19.8 Å². The van der Waals surface area contributed by atoms with E-state index < -0.39 is 29.9 Å². The van der Waals surface area contributed by atoms with Crippen LogP contribution in [0.2, 0.25) is 0 Å². The molecule has 0 bridgehead atoms. The average Bonchev–Trinajstić information content (AvgIpc) is 3.26. The number of amides is 2. The largest absolute Gasteiger partial charge is 0.459 e. The zero-order valence-corrected chi connectivity index (χ0v) is 17.0. The van der Waals surface area contributed by atoms with Gasteiger partial charge in [0, 0.05) is 5.69 Å². The van der Waals surface area contributed by atoms with Gasteiger partial charge in [-0.1, -0.05) is 44.2 Å². The van der Waals surface area contributed by atoms with Crippen LogP contribution in [-0.2, 0) is 14.3 Å². The Morgan fingerprint density at radius 1 is 0.933 bits per heavy atom. The van der Waals surface area contributed by atoms with E-state index in [4.69, 9.17) is 9.15 Å². The standard InChI is InChI=1S/C23H24N2O5/c1-14(2)20(25-22(27)19-9-6-12-29-19)23(28)30-15(3)21(26)24-18-11-10-16-7-4-5-8-17(16)13-18/h4-15,20H,1-3H3,(H,24,26)(H,25,27)/t15-,20+/m1/s1. The Bertz CT molecular complexity index is 1040. The first-order chi connectivity index (χ1) is 14.3. The maximum atomic E-state index is 12.6. The molecule has 0 unspecified atom stereocenters. The van der Waals surface area contributed by atoms with Crippen molar-refractivity contribution in [3.63, 3.8) is 0 Å². The highest BCUT2D eigenvalue weighted by atomic mass is 16.5. The Morgan fingerprint density at radius 2 is 1.67 bits per heavy atom. The molecule has 0 aliphatic rings. The zero-order valence-electron chi connectivity index (χ0n) is 17.0. The fourth-order valence-corrected chi connectivity index (χ4v) is 2.93. The molecule has 2 aromatic carbocycles. The predicted octanol–water partition coefficient (Wildman–Crippen LogP) is 3.76. The molecular formula is C23H24N2O5. The summed E-state index contributed by atoms with van der Waals surface area (Å²) in [5.74, 6) is -1.82. The quantitative estimate of drug-likeness (QED) is 0.580. The fraction of sp³-hybridized carbons (Fsp3) is 0.261. The van der Waals surface area contributed by atoms with Crippen LogP contribution in [0.3, 0.4) is 0 Å². The summed E-state index contributed by atoms with van der Waals surface area (Å²) in [5.41, 5.74) is 0.605. The number of esters is 1. The molecule has 0 spiro atoms. The van der Waals surface area contributed by atoms with Crippen molar-refractivity contribution in [2.45, 2.75) is 32.9 Å². The van der Waals surface area contributed by atoms with E-state index in [9.17, 15) is 14.4 Å². The number of hydrogen-bond acceptors (Lipinski definition) is 5. The molecule has 3 aromatic rings. The molecule has 0 saturated carbocycles. The summed E-state index contributed by atoms with van der Waals surface area (Å²) in [5, 5.41) is 7.39. The Kier molecular flexibility index (Phi) is 6.51. The van der Waals surface area contributed by atoms with Gasteiger partial charge >= 0.3 is 5.97 Å². The summed E-state index contributed by atoms with van der Waals surface area (Å²) in [6, 6.07) is 15.5. The van der Waals surface area contributed by atoms with E-state index in [0.717, 1.165) is 10.8 Å². The third-order valence-corrected chi connectivity index (χ3v) is 4.63. The maximum absolute atomic E-state index is 12.6. The first kappa shape index (κ1) is 21.1. The lowest BCUT2D eigenvalue weighted by atomic mass is 10.0. The highest BCUT2D eigenvalue weighted by Gasteiger charge is 2.29. The van der Waals surface area contributed by atoms with E-state index in [1.165, 1.54) is 19.3 Å². The van der Waals surface area contributed by atoms with Gasteiger partial charge in [0.05, 0.1) is 6.26 Å². The van der Waals surface area contributed by atoms with Gasteiger partial charge in [0.15, 0.2) is 11.9 Å². The van der Waals surface area contributed by atoms with Crippen molar-refractivity contribution < 1.29 is 23.5 Å². The number of anilines is 1. The molecule has 7 nitrogen and oxygen atoms in total. The molecule has 0 fully saturated rings. The number of carbonyl (C=O) groups excluding carboxylic acids is 3. The molecule has 1 heterocycles. The van der Waals surface area contributed by atoms with Gasteiger partial charge in [0.2, 0.25) is 0 Å². The van der Waals surface area contributed by atoms with E-state index in [1.54, 1.807) is 26.0 Å². The smallest absolute Gasteiger partial charge is 0.329 e. The van der Waals surface area contributed by atoms with Crippen LogP contribution in [-0.4, -0.2) is 29.9 Å². The van der Waals surface area contributed by atoms with Crippen LogP contribution in [0.1, 0.15) is 31.3 Å². The number of benzene rings is 2. The monoisotopic (exact) mass is 408 g/mol. The van der Waals surface area contributed by atoms with E-state index in [2.05, 4.69) is 10.6 Å². The molecule has 7 heteroatoms. The SMILES string of the molecule is CC(C)[C@H](NC(=O)c1ccco1)C(=O)O[C@H](C)C(=O)Nc1ccc2ccccc2c1. The van der Waals surface area contributed by atoms with E-state index >= 15 is 0 Å². The molecule has 2 amide bonds. The van der Waals surface area contributed by atoms with Gasteiger partial charge in [-0.15, -0.1) is 0 Å².